The summed E-state index contributed by atoms with van der Waals surface area (Å²) in [6, 6.07) is 0.491. The molecule has 0 radical (unpaired) electrons. The van der Waals surface area contributed by atoms with E-state index in [0.717, 1.165) is 31.8 Å². The van der Waals surface area contributed by atoms with Gasteiger partial charge in [0.15, 0.2) is 0 Å². The summed E-state index contributed by atoms with van der Waals surface area (Å²) >= 11 is 0. The first kappa shape index (κ1) is 11.9. The third kappa shape index (κ3) is 3.76. The average Bonchev–Trinajstić information content (AvgIpc) is 3.13. The van der Waals surface area contributed by atoms with Gasteiger partial charge in [-0.3, -0.25) is 4.79 Å². The van der Waals surface area contributed by atoms with E-state index in [1.54, 1.807) is 7.11 Å². The minimum atomic E-state index is 0.236. The Bertz CT molecular complexity index is 237. The second-order valence-corrected chi connectivity index (χ2v) is 4.89. The van der Waals surface area contributed by atoms with E-state index in [9.17, 15) is 4.79 Å². The molecule has 0 saturated heterocycles. The lowest BCUT2D eigenvalue weighted by Gasteiger charge is -2.22. The zero-order valence-corrected chi connectivity index (χ0v) is 10.1. The lowest BCUT2D eigenvalue weighted by Crippen LogP contribution is -2.41. The van der Waals surface area contributed by atoms with Gasteiger partial charge in [-0.15, -0.1) is 0 Å². The van der Waals surface area contributed by atoms with Crippen LogP contribution in [-0.2, 0) is 9.53 Å². The molecule has 4 heteroatoms. The van der Waals surface area contributed by atoms with Crippen LogP contribution in [0.5, 0.6) is 0 Å². The summed E-state index contributed by atoms with van der Waals surface area (Å²) in [4.78, 5) is 13.9. The maximum atomic E-state index is 11.9. The summed E-state index contributed by atoms with van der Waals surface area (Å²) in [5, 5.41) is 3.25. The molecule has 2 saturated carbocycles. The number of nitrogens with zero attached hydrogens (tertiary/aromatic N) is 1. The van der Waals surface area contributed by atoms with Crippen LogP contribution in [-0.4, -0.2) is 50.2 Å². The number of amides is 1. The zero-order valence-electron chi connectivity index (χ0n) is 10.1. The van der Waals surface area contributed by atoms with E-state index in [-0.39, 0.29) is 5.91 Å². The van der Waals surface area contributed by atoms with Crippen molar-refractivity contribution in [2.45, 2.75) is 31.7 Å². The van der Waals surface area contributed by atoms with Gasteiger partial charge in [0.25, 0.3) is 0 Å². The predicted octanol–water partition coefficient (Wildman–Crippen LogP) is 0.623. The molecule has 0 spiro atoms. The van der Waals surface area contributed by atoms with Crippen molar-refractivity contribution in [1.82, 2.24) is 10.2 Å². The van der Waals surface area contributed by atoms with E-state index < -0.39 is 0 Å². The molecule has 0 heterocycles. The molecule has 2 fully saturated rings. The van der Waals surface area contributed by atoms with Gasteiger partial charge in [0, 0.05) is 19.7 Å². The second-order valence-electron chi connectivity index (χ2n) is 4.89. The number of carbonyl (C=O) groups is 1. The first-order valence-electron chi connectivity index (χ1n) is 6.30. The van der Waals surface area contributed by atoms with Gasteiger partial charge in [0.05, 0.1) is 13.2 Å². The molecule has 0 bridgehead atoms. The van der Waals surface area contributed by atoms with Crippen LogP contribution in [0.15, 0.2) is 0 Å². The number of methoxy groups -OCH3 is 1. The Morgan fingerprint density at radius 1 is 1.38 bits per heavy atom. The normalized spacial score (nSPS) is 19.8. The largest absolute Gasteiger partial charge is 0.383 e. The number of carbonyl (C=O) groups excluding carboxylic acids is 1. The summed E-state index contributed by atoms with van der Waals surface area (Å²) in [6.07, 6.45) is 4.99. The Morgan fingerprint density at radius 2 is 2.12 bits per heavy atom. The summed E-state index contributed by atoms with van der Waals surface area (Å²) in [6.45, 7) is 2.89. The van der Waals surface area contributed by atoms with E-state index in [4.69, 9.17) is 4.74 Å². The monoisotopic (exact) mass is 226 g/mol. The fourth-order valence-corrected chi connectivity index (χ4v) is 1.89. The van der Waals surface area contributed by atoms with Gasteiger partial charge in [-0.25, -0.2) is 0 Å². The molecular formula is C12H22N2O2. The van der Waals surface area contributed by atoms with Crippen LogP contribution in [0.4, 0.5) is 0 Å². The topological polar surface area (TPSA) is 41.6 Å². The number of nitrogens with one attached hydrogen (secondary N) is 1. The molecule has 1 amide bonds. The standard InChI is InChI=1S/C12H22N2O2/c1-16-7-6-14(11-4-5-11)12(15)9-13-8-10-2-3-10/h10-11,13H,2-9H2,1H3. The zero-order chi connectivity index (χ0) is 11.4. The molecule has 16 heavy (non-hydrogen) atoms. The van der Waals surface area contributed by atoms with Crippen molar-refractivity contribution in [1.29, 1.82) is 0 Å². The lowest BCUT2D eigenvalue weighted by atomic mass is 10.4. The van der Waals surface area contributed by atoms with E-state index in [2.05, 4.69) is 5.32 Å². The average molecular weight is 226 g/mol. The van der Waals surface area contributed by atoms with Crippen LogP contribution < -0.4 is 5.32 Å². The first-order chi connectivity index (χ1) is 7.81. The van der Waals surface area contributed by atoms with Crippen molar-refractivity contribution in [2.24, 2.45) is 5.92 Å². The van der Waals surface area contributed by atoms with E-state index >= 15 is 0 Å². The molecule has 0 aromatic heterocycles. The molecule has 2 aliphatic rings. The van der Waals surface area contributed by atoms with Crippen molar-refractivity contribution in [3.63, 3.8) is 0 Å². The van der Waals surface area contributed by atoms with Gasteiger partial charge in [-0.05, 0) is 38.1 Å². The van der Waals surface area contributed by atoms with Crippen LogP contribution >= 0.6 is 0 Å². The lowest BCUT2D eigenvalue weighted by molar-refractivity contribution is -0.131. The van der Waals surface area contributed by atoms with Crippen molar-refractivity contribution in [2.75, 3.05) is 33.4 Å². The third-order valence-corrected chi connectivity index (χ3v) is 3.25. The molecule has 0 aromatic rings. The van der Waals surface area contributed by atoms with Gasteiger partial charge in [0.1, 0.15) is 0 Å². The van der Waals surface area contributed by atoms with Crippen LogP contribution in [0.3, 0.4) is 0 Å². The molecule has 0 atom stereocenters. The molecule has 0 aliphatic heterocycles. The Hall–Kier alpha value is -0.610. The van der Waals surface area contributed by atoms with E-state index in [1.807, 2.05) is 4.90 Å². The van der Waals surface area contributed by atoms with E-state index in [0.29, 0.717) is 19.2 Å². The van der Waals surface area contributed by atoms with Crippen LogP contribution in [0, 0.1) is 5.92 Å². The fraction of sp³-hybridized carbons (Fsp3) is 0.917. The highest BCUT2D eigenvalue weighted by molar-refractivity contribution is 5.78. The SMILES string of the molecule is COCCN(C(=O)CNCC1CC1)C1CC1. The first-order valence-corrected chi connectivity index (χ1v) is 6.30. The second kappa shape index (κ2) is 5.64. The molecule has 92 valence electrons. The molecule has 2 aliphatic carbocycles. The van der Waals surface area contributed by atoms with Crippen LogP contribution in [0.2, 0.25) is 0 Å². The molecule has 2 rings (SSSR count). The Labute approximate surface area is 97.3 Å². The fourth-order valence-electron chi connectivity index (χ4n) is 1.89. The van der Waals surface area contributed by atoms with E-state index in [1.165, 1.54) is 12.8 Å². The van der Waals surface area contributed by atoms with Gasteiger partial charge >= 0.3 is 0 Å². The maximum absolute atomic E-state index is 11.9. The van der Waals surface area contributed by atoms with Crippen LogP contribution in [0.1, 0.15) is 25.7 Å². The minimum Gasteiger partial charge on any atom is -0.383 e. The van der Waals surface area contributed by atoms with Gasteiger partial charge < -0.3 is 15.0 Å². The summed E-state index contributed by atoms with van der Waals surface area (Å²) < 4.78 is 5.04. The maximum Gasteiger partial charge on any atom is 0.236 e. The van der Waals surface area contributed by atoms with Crippen molar-refractivity contribution in [3.05, 3.63) is 0 Å². The highest BCUT2D eigenvalue weighted by atomic mass is 16.5. The molecule has 0 aromatic carbocycles. The summed E-state index contributed by atoms with van der Waals surface area (Å²) in [5.74, 6) is 1.07. The van der Waals surface area contributed by atoms with Gasteiger partial charge in [-0.2, -0.15) is 0 Å². The minimum absolute atomic E-state index is 0.236. The highest BCUT2D eigenvalue weighted by Crippen LogP contribution is 2.28. The van der Waals surface area contributed by atoms with Crippen molar-refractivity contribution >= 4 is 5.91 Å². The Kier molecular flexibility index (Phi) is 4.18. The molecule has 1 N–H and O–H groups in total. The molecular weight excluding hydrogens is 204 g/mol. The Balaban J connectivity index is 1.65. The predicted molar refractivity (Wildman–Crippen MR) is 62.2 cm³/mol. The third-order valence-electron chi connectivity index (χ3n) is 3.25. The van der Waals surface area contributed by atoms with Crippen molar-refractivity contribution in [3.8, 4) is 0 Å². The quantitative estimate of drug-likeness (QED) is 0.660. The van der Waals surface area contributed by atoms with Gasteiger partial charge in [-0.1, -0.05) is 0 Å². The summed E-state index contributed by atoms with van der Waals surface area (Å²) in [7, 11) is 1.68. The number of hydrogen-bond acceptors (Lipinski definition) is 3. The number of hydrogen-bond donors (Lipinski definition) is 1. The van der Waals surface area contributed by atoms with Gasteiger partial charge in [0.2, 0.25) is 5.91 Å². The van der Waals surface area contributed by atoms with Crippen molar-refractivity contribution < 1.29 is 9.53 Å². The Morgan fingerprint density at radius 3 is 2.69 bits per heavy atom. The molecule has 0 unspecified atom stereocenters. The highest BCUT2D eigenvalue weighted by Gasteiger charge is 2.32. The van der Waals surface area contributed by atoms with Crippen LogP contribution in [0.25, 0.3) is 0 Å². The summed E-state index contributed by atoms with van der Waals surface area (Å²) in [5.41, 5.74) is 0. The smallest absolute Gasteiger partial charge is 0.236 e. The molecule has 4 nitrogen and oxygen atoms in total. The number of rotatable bonds is 8. The number of ether oxygens (including phenoxy) is 1.